The predicted molar refractivity (Wildman–Crippen MR) is 109 cm³/mol. The topological polar surface area (TPSA) is 80.0 Å². The van der Waals surface area contributed by atoms with Gasteiger partial charge in [0.05, 0.1) is 0 Å². The van der Waals surface area contributed by atoms with Crippen molar-refractivity contribution in [3.63, 3.8) is 0 Å². The van der Waals surface area contributed by atoms with Gasteiger partial charge in [-0.05, 0) is 49.4 Å². The van der Waals surface area contributed by atoms with Crippen molar-refractivity contribution >= 4 is 17.4 Å². The molecular formula is C22H18N4O2. The standard InChI is InChI=1S/C22H18N4O2/c1-15-10-12-18(13-11-15)23-22(27)24-19-9-5-8-17(14-19)21-26-25-20(28-21)16-6-3-2-4-7-16/h2-14H,1H3,(H2,23,24,27). The molecule has 0 aliphatic heterocycles. The average molecular weight is 370 g/mol. The molecule has 0 spiro atoms. The maximum absolute atomic E-state index is 12.2. The number of anilines is 2. The van der Waals surface area contributed by atoms with Crippen molar-refractivity contribution in [3.05, 3.63) is 84.4 Å². The van der Waals surface area contributed by atoms with Crippen molar-refractivity contribution in [3.8, 4) is 22.9 Å². The lowest BCUT2D eigenvalue weighted by Crippen LogP contribution is -2.19. The van der Waals surface area contributed by atoms with Gasteiger partial charge in [0.1, 0.15) is 0 Å². The maximum Gasteiger partial charge on any atom is 0.323 e. The number of amides is 2. The summed E-state index contributed by atoms with van der Waals surface area (Å²) in [6.45, 7) is 2.00. The molecule has 0 saturated heterocycles. The molecule has 2 N–H and O–H groups in total. The van der Waals surface area contributed by atoms with Crippen LogP contribution < -0.4 is 10.6 Å². The first-order chi connectivity index (χ1) is 13.7. The number of hydrogen-bond donors (Lipinski definition) is 2. The Balaban J connectivity index is 1.48. The lowest BCUT2D eigenvalue weighted by molar-refractivity contribution is 0.262. The van der Waals surface area contributed by atoms with Crippen LogP contribution >= 0.6 is 0 Å². The number of rotatable bonds is 4. The normalized spacial score (nSPS) is 10.5. The number of aryl methyl sites for hydroxylation is 1. The van der Waals surface area contributed by atoms with Crippen LogP contribution in [-0.2, 0) is 0 Å². The highest BCUT2D eigenvalue weighted by atomic mass is 16.4. The highest BCUT2D eigenvalue weighted by molar-refractivity contribution is 6.00. The van der Waals surface area contributed by atoms with E-state index < -0.39 is 0 Å². The van der Waals surface area contributed by atoms with Gasteiger partial charge >= 0.3 is 6.03 Å². The van der Waals surface area contributed by atoms with Crippen LogP contribution in [-0.4, -0.2) is 16.2 Å². The van der Waals surface area contributed by atoms with Gasteiger partial charge in [0.15, 0.2) is 0 Å². The second-order valence-corrected chi connectivity index (χ2v) is 6.30. The highest BCUT2D eigenvalue weighted by Gasteiger charge is 2.11. The van der Waals surface area contributed by atoms with Crippen molar-refractivity contribution in [2.75, 3.05) is 10.6 Å². The monoisotopic (exact) mass is 370 g/mol. The molecule has 6 heteroatoms. The number of urea groups is 1. The van der Waals surface area contributed by atoms with Crippen LogP contribution in [0, 0.1) is 6.92 Å². The van der Waals surface area contributed by atoms with E-state index in [-0.39, 0.29) is 6.03 Å². The quantitative estimate of drug-likeness (QED) is 0.507. The van der Waals surface area contributed by atoms with Crippen LogP contribution in [0.5, 0.6) is 0 Å². The lowest BCUT2D eigenvalue weighted by Gasteiger charge is -2.08. The molecule has 1 aromatic heterocycles. The second kappa shape index (κ2) is 7.75. The first-order valence-corrected chi connectivity index (χ1v) is 8.81. The Morgan fingerprint density at radius 1 is 0.750 bits per heavy atom. The van der Waals surface area contributed by atoms with Crippen molar-refractivity contribution in [2.24, 2.45) is 0 Å². The van der Waals surface area contributed by atoms with Crippen molar-refractivity contribution in [2.45, 2.75) is 6.92 Å². The summed E-state index contributed by atoms with van der Waals surface area (Å²) >= 11 is 0. The molecule has 0 radical (unpaired) electrons. The van der Waals surface area contributed by atoms with Crippen LogP contribution in [0.4, 0.5) is 16.2 Å². The Hall–Kier alpha value is -3.93. The Morgan fingerprint density at radius 2 is 1.39 bits per heavy atom. The van der Waals surface area contributed by atoms with Crippen LogP contribution in [0.1, 0.15) is 5.56 Å². The number of benzene rings is 3. The van der Waals surface area contributed by atoms with E-state index in [2.05, 4.69) is 20.8 Å². The van der Waals surface area contributed by atoms with Crippen LogP contribution in [0.25, 0.3) is 22.9 Å². The Morgan fingerprint density at radius 3 is 2.14 bits per heavy atom. The summed E-state index contributed by atoms with van der Waals surface area (Å²) in [5.74, 6) is 0.840. The second-order valence-electron chi connectivity index (χ2n) is 6.30. The van der Waals surface area contributed by atoms with Crippen molar-refractivity contribution in [1.29, 1.82) is 0 Å². The van der Waals surface area contributed by atoms with Gasteiger partial charge in [-0.15, -0.1) is 10.2 Å². The van der Waals surface area contributed by atoms with Gasteiger partial charge in [-0.25, -0.2) is 4.79 Å². The summed E-state index contributed by atoms with van der Waals surface area (Å²) in [6, 6.07) is 24.1. The summed E-state index contributed by atoms with van der Waals surface area (Å²) < 4.78 is 5.77. The van der Waals surface area contributed by atoms with E-state index in [4.69, 9.17) is 4.42 Å². The molecule has 3 aromatic carbocycles. The minimum absolute atomic E-state index is 0.323. The predicted octanol–water partition coefficient (Wildman–Crippen LogP) is 5.36. The molecule has 138 valence electrons. The lowest BCUT2D eigenvalue weighted by atomic mass is 10.2. The SMILES string of the molecule is Cc1ccc(NC(=O)Nc2cccc(-c3nnc(-c4ccccc4)o3)c2)cc1. The van der Waals surface area contributed by atoms with Crippen LogP contribution in [0.2, 0.25) is 0 Å². The molecule has 2 amide bonds. The van der Waals surface area contributed by atoms with Gasteiger partial charge < -0.3 is 15.1 Å². The van der Waals surface area contributed by atoms with E-state index in [1.54, 1.807) is 12.1 Å². The van der Waals surface area contributed by atoms with Gasteiger partial charge in [0.25, 0.3) is 0 Å². The molecule has 6 nitrogen and oxygen atoms in total. The Labute approximate surface area is 162 Å². The minimum atomic E-state index is -0.323. The van der Waals surface area contributed by atoms with E-state index in [1.165, 1.54) is 0 Å². The number of nitrogens with zero attached hydrogens (tertiary/aromatic N) is 2. The zero-order valence-electron chi connectivity index (χ0n) is 15.2. The summed E-state index contributed by atoms with van der Waals surface area (Å²) in [6.07, 6.45) is 0. The zero-order chi connectivity index (χ0) is 19.3. The van der Waals surface area contributed by atoms with Crippen LogP contribution in [0.15, 0.2) is 83.3 Å². The van der Waals surface area contributed by atoms with Gasteiger partial charge in [-0.3, -0.25) is 0 Å². The summed E-state index contributed by atoms with van der Waals surface area (Å²) in [5.41, 5.74) is 4.06. The molecule has 0 aliphatic rings. The van der Waals surface area contributed by atoms with Gasteiger partial charge in [0, 0.05) is 22.5 Å². The van der Waals surface area contributed by atoms with E-state index in [0.29, 0.717) is 17.5 Å². The molecule has 0 unspecified atom stereocenters. The largest absolute Gasteiger partial charge is 0.416 e. The minimum Gasteiger partial charge on any atom is -0.416 e. The molecule has 1 heterocycles. The number of aromatic nitrogens is 2. The molecule has 0 fully saturated rings. The fourth-order valence-electron chi connectivity index (χ4n) is 2.70. The Bertz CT molecular complexity index is 1090. The number of hydrogen-bond acceptors (Lipinski definition) is 4. The van der Waals surface area contributed by atoms with E-state index >= 15 is 0 Å². The fourth-order valence-corrected chi connectivity index (χ4v) is 2.70. The first kappa shape index (κ1) is 17.5. The summed E-state index contributed by atoms with van der Waals surface area (Å²) in [5, 5.41) is 13.8. The van der Waals surface area contributed by atoms with Crippen molar-refractivity contribution in [1.82, 2.24) is 10.2 Å². The third-order valence-corrected chi connectivity index (χ3v) is 4.12. The zero-order valence-corrected chi connectivity index (χ0v) is 15.2. The molecule has 0 bridgehead atoms. The fraction of sp³-hybridized carbons (Fsp3) is 0.0455. The molecule has 0 atom stereocenters. The van der Waals surface area contributed by atoms with E-state index in [0.717, 1.165) is 22.4 Å². The Kier molecular flexibility index (Phi) is 4.84. The molecule has 4 aromatic rings. The van der Waals surface area contributed by atoms with E-state index in [9.17, 15) is 4.79 Å². The summed E-state index contributed by atoms with van der Waals surface area (Å²) in [4.78, 5) is 12.2. The third kappa shape index (κ3) is 4.07. The summed E-state index contributed by atoms with van der Waals surface area (Å²) in [7, 11) is 0. The molecular weight excluding hydrogens is 352 g/mol. The average Bonchev–Trinajstić information content (AvgIpc) is 3.21. The number of carbonyl (C=O) groups excluding carboxylic acids is 1. The third-order valence-electron chi connectivity index (χ3n) is 4.12. The number of carbonyl (C=O) groups is 1. The van der Waals surface area contributed by atoms with E-state index in [1.807, 2.05) is 73.7 Å². The van der Waals surface area contributed by atoms with Gasteiger partial charge in [0.2, 0.25) is 11.8 Å². The molecule has 4 rings (SSSR count). The van der Waals surface area contributed by atoms with Crippen LogP contribution in [0.3, 0.4) is 0 Å². The maximum atomic E-state index is 12.2. The first-order valence-electron chi connectivity index (χ1n) is 8.81. The highest BCUT2D eigenvalue weighted by Crippen LogP contribution is 2.25. The van der Waals surface area contributed by atoms with Gasteiger partial charge in [-0.1, -0.05) is 42.0 Å². The smallest absolute Gasteiger partial charge is 0.323 e. The molecule has 28 heavy (non-hydrogen) atoms. The molecule has 0 aliphatic carbocycles. The molecule has 0 saturated carbocycles. The van der Waals surface area contributed by atoms with Crippen molar-refractivity contribution < 1.29 is 9.21 Å². The van der Waals surface area contributed by atoms with Gasteiger partial charge in [-0.2, -0.15) is 0 Å². The number of nitrogens with one attached hydrogen (secondary N) is 2.